The number of anilines is 1. The first kappa shape index (κ1) is 20.4. The van der Waals surface area contributed by atoms with Crippen LogP contribution in [0.5, 0.6) is 0 Å². The van der Waals surface area contributed by atoms with E-state index in [1.54, 1.807) is 36.4 Å². The molecule has 4 rings (SSSR count). The van der Waals surface area contributed by atoms with Gasteiger partial charge in [-0.25, -0.2) is 9.78 Å². The first-order chi connectivity index (χ1) is 15.0. The topological polar surface area (TPSA) is 85.4 Å². The number of thiophene rings is 1. The molecule has 0 aliphatic heterocycles. The molecule has 0 saturated carbocycles. The Balaban J connectivity index is 1.54. The highest BCUT2D eigenvalue weighted by Crippen LogP contribution is 2.28. The third-order valence-electron chi connectivity index (χ3n) is 4.62. The number of benzene rings is 2. The highest BCUT2D eigenvalue weighted by molar-refractivity contribution is 7.13. The Hall–Kier alpha value is -3.84. The zero-order chi connectivity index (χ0) is 21.8. The quantitative estimate of drug-likeness (QED) is 0.345. The molecule has 0 atom stereocenters. The van der Waals surface area contributed by atoms with E-state index in [4.69, 9.17) is 4.74 Å². The van der Waals surface area contributed by atoms with Gasteiger partial charge < -0.3 is 10.1 Å². The van der Waals surface area contributed by atoms with Gasteiger partial charge in [-0.15, -0.1) is 11.3 Å². The molecule has 1 amide bonds. The highest BCUT2D eigenvalue weighted by Gasteiger charge is 2.17. The lowest BCUT2D eigenvalue weighted by atomic mass is 10.1. The van der Waals surface area contributed by atoms with E-state index in [-0.39, 0.29) is 5.78 Å². The van der Waals surface area contributed by atoms with Gasteiger partial charge in [-0.2, -0.15) is 0 Å². The molecule has 6 nitrogen and oxygen atoms in total. The van der Waals surface area contributed by atoms with Crippen LogP contribution >= 0.6 is 11.3 Å². The smallest absolute Gasteiger partial charge is 0.339 e. The maximum atomic E-state index is 12.8. The number of fused-ring (bicyclic) bond motifs is 1. The summed E-state index contributed by atoms with van der Waals surface area (Å²) in [6.07, 6.45) is 0. The third-order valence-corrected chi connectivity index (χ3v) is 5.52. The van der Waals surface area contributed by atoms with E-state index in [0.29, 0.717) is 33.4 Å². The van der Waals surface area contributed by atoms with Crippen LogP contribution < -0.4 is 5.32 Å². The van der Waals surface area contributed by atoms with Gasteiger partial charge in [-0.1, -0.05) is 36.4 Å². The number of carbonyl (C=O) groups is 3. The van der Waals surface area contributed by atoms with E-state index in [1.165, 1.54) is 18.3 Å². The van der Waals surface area contributed by atoms with E-state index in [1.807, 2.05) is 35.7 Å². The number of amides is 1. The Bertz CT molecular complexity index is 1280. The number of ether oxygens (including phenoxy) is 1. The monoisotopic (exact) mass is 430 g/mol. The summed E-state index contributed by atoms with van der Waals surface area (Å²) in [6, 6.07) is 19.5. The summed E-state index contributed by atoms with van der Waals surface area (Å²) in [5.41, 5.74) is 2.44. The van der Waals surface area contributed by atoms with Crippen molar-refractivity contribution in [2.75, 3.05) is 11.9 Å². The molecule has 2 aromatic heterocycles. The zero-order valence-electron chi connectivity index (χ0n) is 16.6. The summed E-state index contributed by atoms with van der Waals surface area (Å²) in [7, 11) is 0. The standard InChI is InChI=1S/C24H18N2O4S/c1-15(27)16-7-2-4-9-19(16)26-23(28)14-30-24(29)18-13-21(22-11-6-12-31-22)25-20-10-5-3-8-17(18)20/h2-13H,14H2,1H3,(H,26,28). The normalized spacial score (nSPS) is 10.6. The average molecular weight is 430 g/mol. The van der Waals surface area contributed by atoms with Gasteiger partial charge >= 0.3 is 5.97 Å². The maximum Gasteiger partial charge on any atom is 0.339 e. The van der Waals surface area contributed by atoms with E-state index < -0.39 is 18.5 Å². The van der Waals surface area contributed by atoms with Crippen LogP contribution in [0, 0.1) is 0 Å². The number of hydrogen-bond donors (Lipinski definition) is 1. The number of aromatic nitrogens is 1. The molecular formula is C24H18N2O4S. The number of rotatable bonds is 6. The molecule has 0 spiro atoms. The Morgan fingerprint density at radius 1 is 0.968 bits per heavy atom. The van der Waals surface area contributed by atoms with Crippen LogP contribution in [0.25, 0.3) is 21.5 Å². The molecule has 0 radical (unpaired) electrons. The second kappa shape index (κ2) is 8.89. The van der Waals surface area contributed by atoms with Crippen molar-refractivity contribution in [2.24, 2.45) is 0 Å². The van der Waals surface area contributed by atoms with Gasteiger partial charge in [-0.05, 0) is 42.6 Å². The summed E-state index contributed by atoms with van der Waals surface area (Å²) >= 11 is 1.52. The fourth-order valence-corrected chi connectivity index (χ4v) is 3.88. The lowest BCUT2D eigenvalue weighted by molar-refractivity contribution is -0.119. The van der Waals surface area contributed by atoms with Gasteiger partial charge in [0.1, 0.15) is 0 Å². The number of pyridine rings is 1. The van der Waals surface area contributed by atoms with Crippen LogP contribution in [0.4, 0.5) is 5.69 Å². The molecule has 31 heavy (non-hydrogen) atoms. The summed E-state index contributed by atoms with van der Waals surface area (Å²) < 4.78 is 5.28. The SMILES string of the molecule is CC(=O)c1ccccc1NC(=O)COC(=O)c1cc(-c2cccs2)nc2ccccc12. The van der Waals surface area contributed by atoms with Crippen molar-refractivity contribution >= 4 is 45.6 Å². The Labute approximate surface area is 182 Å². The van der Waals surface area contributed by atoms with E-state index in [0.717, 1.165) is 4.88 Å². The summed E-state index contributed by atoms with van der Waals surface area (Å²) in [6.45, 7) is 0.945. The molecule has 2 aromatic carbocycles. The molecular weight excluding hydrogens is 412 g/mol. The first-order valence-electron chi connectivity index (χ1n) is 9.53. The number of carbonyl (C=O) groups excluding carboxylic acids is 3. The van der Waals surface area contributed by atoms with Crippen LogP contribution in [-0.4, -0.2) is 29.3 Å². The third kappa shape index (κ3) is 4.51. The van der Waals surface area contributed by atoms with Crippen LogP contribution in [0.1, 0.15) is 27.6 Å². The maximum absolute atomic E-state index is 12.8. The fraction of sp³-hybridized carbons (Fsp3) is 0.0833. The number of nitrogens with one attached hydrogen (secondary N) is 1. The fourth-order valence-electron chi connectivity index (χ4n) is 3.19. The number of Topliss-reactive ketones (excluding diaryl/α,β-unsaturated/α-hetero) is 1. The number of esters is 1. The van der Waals surface area contributed by atoms with Gasteiger partial charge in [-0.3, -0.25) is 9.59 Å². The van der Waals surface area contributed by atoms with E-state index in [2.05, 4.69) is 10.3 Å². The van der Waals surface area contributed by atoms with E-state index in [9.17, 15) is 14.4 Å². The molecule has 0 aliphatic carbocycles. The predicted molar refractivity (Wildman–Crippen MR) is 120 cm³/mol. The Morgan fingerprint density at radius 3 is 2.52 bits per heavy atom. The second-order valence-electron chi connectivity index (χ2n) is 6.78. The van der Waals surface area contributed by atoms with Crippen molar-refractivity contribution < 1.29 is 19.1 Å². The van der Waals surface area contributed by atoms with Gasteiger partial charge in [0.15, 0.2) is 12.4 Å². The molecule has 1 N–H and O–H groups in total. The van der Waals surface area contributed by atoms with Gasteiger partial charge in [0.05, 0.1) is 27.3 Å². The van der Waals surface area contributed by atoms with Crippen LogP contribution in [0.15, 0.2) is 72.1 Å². The molecule has 4 aromatic rings. The van der Waals surface area contributed by atoms with Crippen molar-refractivity contribution in [1.82, 2.24) is 4.98 Å². The molecule has 2 heterocycles. The summed E-state index contributed by atoms with van der Waals surface area (Å²) in [4.78, 5) is 42.4. The predicted octanol–water partition coefficient (Wildman–Crippen LogP) is 4.96. The minimum atomic E-state index is -0.619. The largest absolute Gasteiger partial charge is 0.452 e. The van der Waals surface area contributed by atoms with Crippen molar-refractivity contribution in [1.29, 1.82) is 0 Å². The number of ketones is 1. The molecule has 0 bridgehead atoms. The Morgan fingerprint density at radius 2 is 1.74 bits per heavy atom. The number of para-hydroxylation sites is 2. The lowest BCUT2D eigenvalue weighted by Gasteiger charge is -2.11. The molecule has 0 fully saturated rings. The number of nitrogens with zero attached hydrogens (tertiary/aromatic N) is 1. The van der Waals surface area contributed by atoms with Crippen molar-refractivity contribution in [2.45, 2.75) is 6.92 Å². The minimum absolute atomic E-state index is 0.169. The zero-order valence-corrected chi connectivity index (χ0v) is 17.4. The molecule has 7 heteroatoms. The van der Waals surface area contributed by atoms with Crippen LogP contribution in [-0.2, 0) is 9.53 Å². The molecule has 0 aliphatic rings. The van der Waals surface area contributed by atoms with E-state index >= 15 is 0 Å². The summed E-state index contributed by atoms with van der Waals surface area (Å²) in [5.74, 6) is -1.32. The van der Waals surface area contributed by atoms with Crippen LogP contribution in [0.2, 0.25) is 0 Å². The van der Waals surface area contributed by atoms with Gasteiger partial charge in [0.2, 0.25) is 0 Å². The molecule has 0 saturated heterocycles. The first-order valence-corrected chi connectivity index (χ1v) is 10.4. The molecule has 0 unspecified atom stereocenters. The van der Waals surface area contributed by atoms with Crippen molar-refractivity contribution in [3.8, 4) is 10.6 Å². The van der Waals surface area contributed by atoms with Crippen molar-refractivity contribution in [3.63, 3.8) is 0 Å². The highest BCUT2D eigenvalue weighted by atomic mass is 32.1. The minimum Gasteiger partial charge on any atom is -0.452 e. The Kier molecular flexibility index (Phi) is 5.86. The van der Waals surface area contributed by atoms with Crippen LogP contribution in [0.3, 0.4) is 0 Å². The van der Waals surface area contributed by atoms with Gasteiger partial charge in [0, 0.05) is 10.9 Å². The lowest BCUT2D eigenvalue weighted by Crippen LogP contribution is -2.22. The average Bonchev–Trinajstić information content (AvgIpc) is 3.32. The second-order valence-corrected chi connectivity index (χ2v) is 7.72. The number of hydrogen-bond acceptors (Lipinski definition) is 6. The summed E-state index contributed by atoms with van der Waals surface area (Å²) in [5, 5.41) is 5.21. The van der Waals surface area contributed by atoms with Crippen molar-refractivity contribution in [3.05, 3.63) is 83.2 Å². The van der Waals surface area contributed by atoms with Gasteiger partial charge in [0.25, 0.3) is 5.91 Å². The molecule has 154 valence electrons.